The maximum Gasteiger partial charge on any atom is 0.164 e. The summed E-state index contributed by atoms with van der Waals surface area (Å²) in [7, 11) is 0. The van der Waals surface area contributed by atoms with Gasteiger partial charge in [0, 0.05) is 36.8 Å². The quantitative estimate of drug-likeness (QED) is 0.922. The molecular weight excluding hydrogens is 320 g/mol. The van der Waals surface area contributed by atoms with Crippen LogP contribution in [0, 0.1) is 6.92 Å². The van der Waals surface area contributed by atoms with Gasteiger partial charge in [0.1, 0.15) is 11.6 Å². The van der Waals surface area contributed by atoms with E-state index in [1.807, 2.05) is 19.2 Å². The third-order valence-corrected chi connectivity index (χ3v) is 3.89. The maximum absolute atomic E-state index is 4.45. The SMILES string of the molecule is Cc1nc(CN2CCN(c3ccc(Br)cn3)CC2)n[nH]1. The van der Waals surface area contributed by atoms with Crippen LogP contribution in [0.15, 0.2) is 22.8 Å². The number of halogens is 1. The summed E-state index contributed by atoms with van der Waals surface area (Å²) in [6.07, 6.45) is 1.85. The van der Waals surface area contributed by atoms with E-state index in [0.717, 1.165) is 54.7 Å². The van der Waals surface area contributed by atoms with Gasteiger partial charge in [-0.2, -0.15) is 5.10 Å². The van der Waals surface area contributed by atoms with E-state index >= 15 is 0 Å². The molecule has 1 aliphatic rings. The number of nitrogens with one attached hydrogen (secondary N) is 1. The largest absolute Gasteiger partial charge is 0.354 e. The van der Waals surface area contributed by atoms with Crippen molar-refractivity contribution in [3.05, 3.63) is 34.5 Å². The number of aryl methyl sites for hydroxylation is 1. The molecule has 1 saturated heterocycles. The first-order chi connectivity index (χ1) is 9.70. The van der Waals surface area contributed by atoms with Gasteiger partial charge < -0.3 is 4.90 Å². The first kappa shape index (κ1) is 13.5. The zero-order valence-electron chi connectivity index (χ0n) is 11.4. The molecule has 2 aromatic heterocycles. The van der Waals surface area contributed by atoms with Crippen LogP contribution < -0.4 is 4.90 Å². The lowest BCUT2D eigenvalue weighted by atomic mass is 10.3. The molecule has 6 nitrogen and oxygen atoms in total. The van der Waals surface area contributed by atoms with Crippen molar-refractivity contribution >= 4 is 21.7 Å². The Kier molecular flexibility index (Phi) is 3.98. The van der Waals surface area contributed by atoms with Crippen molar-refractivity contribution in [3.8, 4) is 0 Å². The molecule has 3 rings (SSSR count). The topological polar surface area (TPSA) is 60.9 Å². The summed E-state index contributed by atoms with van der Waals surface area (Å²) in [6.45, 7) is 6.71. The highest BCUT2D eigenvalue weighted by atomic mass is 79.9. The summed E-state index contributed by atoms with van der Waals surface area (Å²) in [5.41, 5.74) is 0. The van der Waals surface area contributed by atoms with Gasteiger partial charge in [0.2, 0.25) is 0 Å². The number of H-pyrrole nitrogens is 1. The fraction of sp³-hybridized carbons (Fsp3) is 0.462. The highest BCUT2D eigenvalue weighted by molar-refractivity contribution is 9.10. The van der Waals surface area contributed by atoms with E-state index in [-0.39, 0.29) is 0 Å². The minimum absolute atomic E-state index is 0.811. The second-order valence-electron chi connectivity index (χ2n) is 4.93. The van der Waals surface area contributed by atoms with Gasteiger partial charge in [-0.05, 0) is 35.0 Å². The van der Waals surface area contributed by atoms with Crippen LogP contribution in [-0.4, -0.2) is 51.2 Å². The molecule has 0 spiro atoms. The average molecular weight is 337 g/mol. The predicted octanol–water partition coefficient (Wildman–Crippen LogP) is 1.59. The van der Waals surface area contributed by atoms with Crippen LogP contribution >= 0.6 is 15.9 Å². The normalized spacial score (nSPS) is 16.6. The van der Waals surface area contributed by atoms with Gasteiger partial charge in [0.25, 0.3) is 0 Å². The van der Waals surface area contributed by atoms with Gasteiger partial charge in [-0.15, -0.1) is 0 Å². The lowest BCUT2D eigenvalue weighted by molar-refractivity contribution is 0.244. The van der Waals surface area contributed by atoms with E-state index < -0.39 is 0 Å². The van der Waals surface area contributed by atoms with E-state index in [1.165, 1.54) is 0 Å². The van der Waals surface area contributed by atoms with Crippen LogP contribution in [0.2, 0.25) is 0 Å². The molecular formula is C13H17BrN6. The Morgan fingerprint density at radius 1 is 1.25 bits per heavy atom. The predicted molar refractivity (Wildman–Crippen MR) is 80.5 cm³/mol. The fourth-order valence-electron chi connectivity index (χ4n) is 2.35. The Labute approximate surface area is 126 Å². The molecule has 0 bridgehead atoms. The van der Waals surface area contributed by atoms with Crippen molar-refractivity contribution in [3.63, 3.8) is 0 Å². The van der Waals surface area contributed by atoms with Crippen molar-refractivity contribution < 1.29 is 0 Å². The Morgan fingerprint density at radius 3 is 2.65 bits per heavy atom. The molecule has 3 heterocycles. The Bertz CT molecular complexity index is 558. The lowest BCUT2D eigenvalue weighted by Gasteiger charge is -2.34. The van der Waals surface area contributed by atoms with Crippen molar-refractivity contribution in [2.24, 2.45) is 0 Å². The summed E-state index contributed by atoms with van der Waals surface area (Å²) in [4.78, 5) is 13.5. The van der Waals surface area contributed by atoms with E-state index in [9.17, 15) is 0 Å². The number of rotatable bonds is 3. The second kappa shape index (κ2) is 5.88. The minimum Gasteiger partial charge on any atom is -0.354 e. The van der Waals surface area contributed by atoms with E-state index in [1.54, 1.807) is 0 Å². The highest BCUT2D eigenvalue weighted by Crippen LogP contribution is 2.16. The van der Waals surface area contributed by atoms with Crippen molar-refractivity contribution in [1.29, 1.82) is 0 Å². The lowest BCUT2D eigenvalue weighted by Crippen LogP contribution is -2.46. The summed E-state index contributed by atoms with van der Waals surface area (Å²) >= 11 is 3.41. The van der Waals surface area contributed by atoms with Gasteiger partial charge in [-0.1, -0.05) is 0 Å². The molecule has 0 aromatic carbocycles. The average Bonchev–Trinajstić information content (AvgIpc) is 2.86. The molecule has 1 fully saturated rings. The van der Waals surface area contributed by atoms with Crippen LogP contribution in [-0.2, 0) is 6.54 Å². The van der Waals surface area contributed by atoms with Gasteiger partial charge in [0.15, 0.2) is 5.82 Å². The third kappa shape index (κ3) is 3.16. The second-order valence-corrected chi connectivity index (χ2v) is 5.85. The van der Waals surface area contributed by atoms with Crippen LogP contribution in [0.1, 0.15) is 11.6 Å². The Hall–Kier alpha value is -1.47. The number of hydrogen-bond acceptors (Lipinski definition) is 5. The van der Waals surface area contributed by atoms with E-state index in [2.05, 4.69) is 52.0 Å². The van der Waals surface area contributed by atoms with Gasteiger partial charge >= 0.3 is 0 Å². The monoisotopic (exact) mass is 336 g/mol. The smallest absolute Gasteiger partial charge is 0.164 e. The molecule has 0 unspecified atom stereocenters. The summed E-state index contributed by atoms with van der Waals surface area (Å²) in [5, 5.41) is 7.07. The zero-order chi connectivity index (χ0) is 13.9. The van der Waals surface area contributed by atoms with Crippen LogP contribution in [0.25, 0.3) is 0 Å². The van der Waals surface area contributed by atoms with E-state index in [0.29, 0.717) is 0 Å². The van der Waals surface area contributed by atoms with Crippen LogP contribution in [0.3, 0.4) is 0 Å². The molecule has 0 saturated carbocycles. The number of aromatic nitrogens is 4. The molecule has 1 aliphatic heterocycles. The third-order valence-electron chi connectivity index (χ3n) is 3.42. The Balaban J connectivity index is 1.55. The van der Waals surface area contributed by atoms with Crippen LogP contribution in [0.5, 0.6) is 0 Å². The molecule has 0 atom stereocenters. The number of piperazine rings is 1. The van der Waals surface area contributed by atoms with Crippen molar-refractivity contribution in [2.75, 3.05) is 31.1 Å². The van der Waals surface area contributed by atoms with Crippen molar-refractivity contribution in [1.82, 2.24) is 25.1 Å². The molecule has 2 aromatic rings. The molecule has 1 N–H and O–H groups in total. The number of nitrogens with zero attached hydrogens (tertiary/aromatic N) is 5. The molecule has 7 heteroatoms. The maximum atomic E-state index is 4.45. The summed E-state index contributed by atoms with van der Waals surface area (Å²) in [5.74, 6) is 2.79. The van der Waals surface area contributed by atoms with Crippen molar-refractivity contribution in [2.45, 2.75) is 13.5 Å². The van der Waals surface area contributed by atoms with Crippen LogP contribution in [0.4, 0.5) is 5.82 Å². The molecule has 20 heavy (non-hydrogen) atoms. The first-order valence-corrected chi connectivity index (χ1v) is 7.47. The first-order valence-electron chi connectivity index (χ1n) is 6.67. The zero-order valence-corrected chi connectivity index (χ0v) is 13.0. The molecule has 0 amide bonds. The number of aromatic amines is 1. The van der Waals surface area contributed by atoms with Gasteiger partial charge in [0.05, 0.1) is 6.54 Å². The number of pyridine rings is 1. The number of anilines is 1. The number of hydrogen-bond donors (Lipinski definition) is 1. The van der Waals surface area contributed by atoms with Gasteiger partial charge in [-0.3, -0.25) is 10.00 Å². The summed E-state index contributed by atoms with van der Waals surface area (Å²) < 4.78 is 1.01. The highest BCUT2D eigenvalue weighted by Gasteiger charge is 2.19. The molecule has 0 radical (unpaired) electrons. The molecule has 106 valence electrons. The van der Waals surface area contributed by atoms with E-state index in [4.69, 9.17) is 0 Å². The standard InChI is InChI=1S/C13H17BrN6/c1-10-16-12(18-17-10)9-19-4-6-20(7-5-19)13-3-2-11(14)8-15-13/h2-3,8H,4-7,9H2,1H3,(H,16,17,18). The Morgan fingerprint density at radius 2 is 2.05 bits per heavy atom. The fourth-order valence-corrected chi connectivity index (χ4v) is 2.58. The summed E-state index contributed by atoms with van der Waals surface area (Å²) in [6, 6.07) is 4.09. The molecule has 0 aliphatic carbocycles. The van der Waals surface area contributed by atoms with Gasteiger partial charge in [-0.25, -0.2) is 9.97 Å². The minimum atomic E-state index is 0.811.